The van der Waals surface area contributed by atoms with Gasteiger partial charge in [0.25, 0.3) is 5.91 Å². The van der Waals surface area contributed by atoms with E-state index in [1.165, 1.54) is 15.3 Å². The van der Waals surface area contributed by atoms with Crippen LogP contribution in [0.15, 0.2) is 42.7 Å². The maximum absolute atomic E-state index is 13.1. The summed E-state index contributed by atoms with van der Waals surface area (Å²) in [4.78, 5) is 18.6. The zero-order chi connectivity index (χ0) is 20.1. The lowest BCUT2D eigenvalue weighted by Gasteiger charge is -2.25. The molecule has 9 heteroatoms. The van der Waals surface area contributed by atoms with Crippen molar-refractivity contribution < 1.29 is 13.2 Å². The third-order valence-corrected chi connectivity index (χ3v) is 7.05. The normalized spacial score (nSPS) is 14.9. The fourth-order valence-corrected chi connectivity index (χ4v) is 5.13. The molecule has 6 nitrogen and oxygen atoms in total. The van der Waals surface area contributed by atoms with Crippen molar-refractivity contribution in [2.45, 2.75) is 19.4 Å². The van der Waals surface area contributed by atoms with Crippen LogP contribution in [0.25, 0.3) is 0 Å². The van der Waals surface area contributed by atoms with Crippen LogP contribution in [0.3, 0.4) is 0 Å². The molecular formula is C19H21Cl2N3O3S. The molecule has 2 aromatic rings. The second-order valence-electron chi connectivity index (χ2n) is 6.63. The summed E-state index contributed by atoms with van der Waals surface area (Å²) in [6.45, 7) is 1.42. The summed E-state index contributed by atoms with van der Waals surface area (Å²) >= 11 is 12.1. The molecule has 1 aliphatic rings. The average Bonchev–Trinajstić information content (AvgIpc) is 3.21. The fourth-order valence-electron chi connectivity index (χ4n) is 3.12. The molecule has 150 valence electrons. The Morgan fingerprint density at radius 3 is 2.43 bits per heavy atom. The van der Waals surface area contributed by atoms with Crippen molar-refractivity contribution in [3.8, 4) is 0 Å². The van der Waals surface area contributed by atoms with E-state index >= 15 is 0 Å². The number of aromatic nitrogens is 1. The lowest BCUT2D eigenvalue weighted by molar-refractivity contribution is 0.0753. The maximum Gasteiger partial charge on any atom is 0.255 e. The second-order valence-corrected chi connectivity index (χ2v) is 9.56. The minimum Gasteiger partial charge on any atom is -0.333 e. The van der Waals surface area contributed by atoms with Gasteiger partial charge in [-0.3, -0.25) is 9.78 Å². The quantitative estimate of drug-likeness (QED) is 0.659. The molecule has 1 aliphatic heterocycles. The Morgan fingerprint density at radius 2 is 1.79 bits per heavy atom. The maximum atomic E-state index is 13.1. The van der Waals surface area contributed by atoms with Crippen LogP contribution in [0.4, 0.5) is 0 Å². The number of sulfonamides is 1. The number of carbonyl (C=O) groups excluding carboxylic acids is 1. The first kappa shape index (κ1) is 21.0. The van der Waals surface area contributed by atoms with Gasteiger partial charge in [-0.15, -0.1) is 0 Å². The molecule has 28 heavy (non-hydrogen) atoms. The Labute approximate surface area is 175 Å². The Hall–Kier alpha value is -1.67. The number of benzene rings is 1. The molecule has 0 aliphatic carbocycles. The molecule has 1 aromatic heterocycles. The highest BCUT2D eigenvalue weighted by molar-refractivity contribution is 7.89. The summed E-state index contributed by atoms with van der Waals surface area (Å²) in [6.07, 6.45) is 5.01. The highest BCUT2D eigenvalue weighted by Gasteiger charge is 2.27. The summed E-state index contributed by atoms with van der Waals surface area (Å²) in [6, 6.07) is 8.23. The Kier molecular flexibility index (Phi) is 6.93. The van der Waals surface area contributed by atoms with Gasteiger partial charge in [0.15, 0.2) is 0 Å². The van der Waals surface area contributed by atoms with Crippen LogP contribution in [-0.2, 0) is 16.6 Å². The van der Waals surface area contributed by atoms with E-state index in [1.54, 1.807) is 36.7 Å². The van der Waals surface area contributed by atoms with Crippen molar-refractivity contribution in [2.24, 2.45) is 0 Å². The number of halogens is 2. The molecule has 3 rings (SSSR count). The van der Waals surface area contributed by atoms with Crippen molar-refractivity contribution in [1.29, 1.82) is 0 Å². The van der Waals surface area contributed by atoms with Gasteiger partial charge in [-0.2, -0.15) is 0 Å². The highest BCUT2D eigenvalue weighted by Crippen LogP contribution is 2.23. The van der Waals surface area contributed by atoms with E-state index < -0.39 is 10.0 Å². The molecule has 1 saturated heterocycles. The van der Waals surface area contributed by atoms with Crippen LogP contribution in [-0.4, -0.2) is 53.9 Å². The first-order chi connectivity index (χ1) is 13.4. The molecule has 1 aromatic carbocycles. The zero-order valence-corrected chi connectivity index (χ0v) is 17.6. The Morgan fingerprint density at radius 1 is 1.11 bits per heavy atom. The first-order valence-corrected chi connectivity index (χ1v) is 11.3. The van der Waals surface area contributed by atoms with Gasteiger partial charge in [0.05, 0.1) is 16.3 Å². The Bertz CT molecular complexity index is 933. The third-order valence-electron chi connectivity index (χ3n) is 4.65. The predicted octanol–water partition coefficient (Wildman–Crippen LogP) is 3.46. The largest absolute Gasteiger partial charge is 0.333 e. The molecule has 0 atom stereocenters. The molecule has 0 spiro atoms. The number of hydrogen-bond acceptors (Lipinski definition) is 4. The highest BCUT2D eigenvalue weighted by atomic mass is 35.5. The van der Waals surface area contributed by atoms with Crippen LogP contribution in [0.5, 0.6) is 0 Å². The van der Waals surface area contributed by atoms with Gasteiger partial charge >= 0.3 is 0 Å². The van der Waals surface area contributed by atoms with Gasteiger partial charge in [0.2, 0.25) is 10.0 Å². The van der Waals surface area contributed by atoms with E-state index in [9.17, 15) is 13.2 Å². The summed E-state index contributed by atoms with van der Waals surface area (Å²) in [5, 5.41) is 0.665. The van der Waals surface area contributed by atoms with Gasteiger partial charge < -0.3 is 4.90 Å². The zero-order valence-electron chi connectivity index (χ0n) is 15.2. The summed E-state index contributed by atoms with van der Waals surface area (Å²) < 4.78 is 26.7. The Balaban J connectivity index is 1.81. The van der Waals surface area contributed by atoms with Crippen molar-refractivity contribution in [3.63, 3.8) is 0 Å². The van der Waals surface area contributed by atoms with Gasteiger partial charge in [0.1, 0.15) is 0 Å². The van der Waals surface area contributed by atoms with E-state index in [0.717, 1.165) is 18.4 Å². The topological polar surface area (TPSA) is 70.6 Å². The van der Waals surface area contributed by atoms with Crippen LogP contribution in [0, 0.1) is 0 Å². The number of carbonyl (C=O) groups is 1. The smallest absolute Gasteiger partial charge is 0.255 e. The number of amides is 1. The lowest BCUT2D eigenvalue weighted by atomic mass is 10.1. The van der Waals surface area contributed by atoms with Crippen molar-refractivity contribution in [3.05, 3.63) is 63.9 Å². The SMILES string of the molecule is O=C(c1ccc(Cl)cc1Cl)N(CCS(=O)(=O)N1CCCC1)Cc1ccncc1. The molecule has 1 fully saturated rings. The molecule has 0 radical (unpaired) electrons. The van der Waals surface area contributed by atoms with E-state index in [2.05, 4.69) is 4.98 Å². The minimum atomic E-state index is -3.41. The number of nitrogens with zero attached hydrogens (tertiary/aromatic N) is 3. The van der Waals surface area contributed by atoms with Crippen molar-refractivity contribution in [1.82, 2.24) is 14.2 Å². The number of rotatable bonds is 7. The fraction of sp³-hybridized carbons (Fsp3) is 0.368. The monoisotopic (exact) mass is 441 g/mol. The molecule has 1 amide bonds. The third kappa shape index (κ3) is 5.23. The first-order valence-electron chi connectivity index (χ1n) is 8.98. The second kappa shape index (κ2) is 9.22. The van der Waals surface area contributed by atoms with Crippen LogP contribution >= 0.6 is 23.2 Å². The number of pyridine rings is 1. The molecule has 0 bridgehead atoms. The van der Waals surface area contributed by atoms with Crippen molar-refractivity contribution in [2.75, 3.05) is 25.4 Å². The summed E-state index contributed by atoms with van der Waals surface area (Å²) in [5.74, 6) is -0.468. The molecular weight excluding hydrogens is 421 g/mol. The summed E-state index contributed by atoms with van der Waals surface area (Å²) in [7, 11) is -3.41. The predicted molar refractivity (Wildman–Crippen MR) is 110 cm³/mol. The van der Waals surface area contributed by atoms with E-state index in [0.29, 0.717) is 23.7 Å². The standard InChI is InChI=1S/C19H21Cl2N3O3S/c20-16-3-4-17(18(21)13-16)19(25)23(14-15-5-7-22-8-6-15)11-12-28(26,27)24-9-1-2-10-24/h3-8,13H,1-2,9-12,14H2. The molecule has 0 N–H and O–H groups in total. The molecule has 0 saturated carbocycles. The number of hydrogen-bond donors (Lipinski definition) is 0. The lowest BCUT2D eigenvalue weighted by Crippen LogP contribution is -2.39. The van der Waals surface area contributed by atoms with Crippen LogP contribution < -0.4 is 0 Å². The van der Waals surface area contributed by atoms with E-state index in [-0.39, 0.29) is 29.8 Å². The van der Waals surface area contributed by atoms with Crippen LogP contribution in [0.1, 0.15) is 28.8 Å². The molecule has 0 unspecified atom stereocenters. The van der Waals surface area contributed by atoms with Crippen molar-refractivity contribution >= 4 is 39.1 Å². The van der Waals surface area contributed by atoms with E-state index in [4.69, 9.17) is 23.2 Å². The van der Waals surface area contributed by atoms with Gasteiger partial charge in [0, 0.05) is 43.6 Å². The van der Waals surface area contributed by atoms with Gasteiger partial charge in [-0.25, -0.2) is 12.7 Å². The molecule has 2 heterocycles. The summed E-state index contributed by atoms with van der Waals surface area (Å²) in [5.41, 5.74) is 1.14. The van der Waals surface area contributed by atoms with Gasteiger partial charge in [-0.05, 0) is 48.7 Å². The average molecular weight is 442 g/mol. The van der Waals surface area contributed by atoms with Crippen LogP contribution in [0.2, 0.25) is 10.0 Å². The van der Waals surface area contributed by atoms with Gasteiger partial charge in [-0.1, -0.05) is 23.2 Å². The minimum absolute atomic E-state index is 0.0684. The van der Waals surface area contributed by atoms with E-state index in [1.807, 2.05) is 0 Å².